The third kappa shape index (κ3) is 3.32. The normalized spacial score (nSPS) is 18.1. The van der Waals surface area contributed by atoms with E-state index in [1.807, 2.05) is 41.0 Å². The number of nitrogens with one attached hydrogen (secondary N) is 1. The van der Waals surface area contributed by atoms with Crippen LogP contribution in [0.15, 0.2) is 48.9 Å². The van der Waals surface area contributed by atoms with Crippen molar-refractivity contribution >= 4 is 16.9 Å². The fraction of sp³-hybridized carbons (Fsp3) is 0.350. The third-order valence-corrected chi connectivity index (χ3v) is 5.00. The summed E-state index contributed by atoms with van der Waals surface area (Å²) in [5, 5.41) is 3.10. The lowest BCUT2D eigenvalue weighted by Gasteiger charge is -2.28. The number of hydrogen-bond donors (Lipinski definition) is 1. The Bertz CT molecular complexity index is 919. The van der Waals surface area contributed by atoms with E-state index in [4.69, 9.17) is 0 Å². The average molecular weight is 349 g/mol. The van der Waals surface area contributed by atoms with Gasteiger partial charge in [-0.25, -0.2) is 9.97 Å². The summed E-state index contributed by atoms with van der Waals surface area (Å²) in [5.41, 5.74) is 2.92. The van der Waals surface area contributed by atoms with Crippen molar-refractivity contribution in [1.29, 1.82) is 0 Å². The van der Waals surface area contributed by atoms with Gasteiger partial charge in [-0.1, -0.05) is 18.2 Å². The van der Waals surface area contributed by atoms with Crippen molar-refractivity contribution in [3.8, 4) is 5.82 Å². The summed E-state index contributed by atoms with van der Waals surface area (Å²) < 4.78 is 1.98. The van der Waals surface area contributed by atoms with E-state index in [0.29, 0.717) is 6.54 Å². The van der Waals surface area contributed by atoms with E-state index in [9.17, 15) is 4.79 Å². The van der Waals surface area contributed by atoms with Crippen molar-refractivity contribution in [3.63, 3.8) is 0 Å². The summed E-state index contributed by atoms with van der Waals surface area (Å²) in [6.45, 7) is 2.37. The van der Waals surface area contributed by atoms with Gasteiger partial charge in [-0.3, -0.25) is 9.36 Å². The van der Waals surface area contributed by atoms with E-state index in [1.165, 1.54) is 0 Å². The van der Waals surface area contributed by atoms with Crippen molar-refractivity contribution in [2.75, 3.05) is 20.1 Å². The summed E-state index contributed by atoms with van der Waals surface area (Å²) in [6.07, 6.45) is 5.59. The fourth-order valence-electron chi connectivity index (χ4n) is 3.62. The monoisotopic (exact) mass is 349 g/mol. The number of carbonyl (C=O) groups excluding carboxylic acids is 1. The van der Waals surface area contributed by atoms with Crippen LogP contribution in [0.2, 0.25) is 0 Å². The molecule has 2 aromatic heterocycles. The van der Waals surface area contributed by atoms with Gasteiger partial charge in [-0.05, 0) is 44.6 Å². The molecule has 4 rings (SSSR count). The van der Waals surface area contributed by atoms with Gasteiger partial charge in [0.25, 0.3) is 0 Å². The maximum atomic E-state index is 12.5. The first kappa shape index (κ1) is 16.7. The summed E-state index contributed by atoms with van der Waals surface area (Å²) in [4.78, 5) is 23.8. The Balaban J connectivity index is 1.54. The Kier molecular flexibility index (Phi) is 4.67. The standard InChI is InChI=1S/C20H23N5O/c1-24-11-5-7-16(13-24)20(26)22-12-15-6-4-10-21-19(15)25-14-23-17-8-2-3-9-18(17)25/h2-4,6,8-10,14,16H,5,7,11-13H2,1H3,(H,22,26). The zero-order valence-electron chi connectivity index (χ0n) is 14.9. The van der Waals surface area contributed by atoms with Gasteiger partial charge in [0.2, 0.25) is 5.91 Å². The summed E-state index contributed by atoms with van der Waals surface area (Å²) in [6, 6.07) is 11.9. The van der Waals surface area contributed by atoms with Gasteiger partial charge in [-0.2, -0.15) is 0 Å². The highest BCUT2D eigenvalue weighted by Gasteiger charge is 2.23. The topological polar surface area (TPSA) is 63.1 Å². The molecule has 3 aromatic rings. The highest BCUT2D eigenvalue weighted by Crippen LogP contribution is 2.20. The maximum Gasteiger partial charge on any atom is 0.224 e. The van der Waals surface area contributed by atoms with Crippen molar-refractivity contribution in [2.45, 2.75) is 19.4 Å². The van der Waals surface area contributed by atoms with E-state index >= 15 is 0 Å². The lowest BCUT2D eigenvalue weighted by molar-refractivity contribution is -0.126. The Morgan fingerprint density at radius 1 is 1.23 bits per heavy atom. The minimum Gasteiger partial charge on any atom is -0.352 e. The van der Waals surface area contributed by atoms with E-state index in [2.05, 4.69) is 27.2 Å². The van der Waals surface area contributed by atoms with Crippen LogP contribution in [-0.2, 0) is 11.3 Å². The number of aromatic nitrogens is 3. The molecule has 1 amide bonds. The highest BCUT2D eigenvalue weighted by molar-refractivity contribution is 5.79. The summed E-state index contributed by atoms with van der Waals surface area (Å²) in [5.74, 6) is 1.01. The molecular weight excluding hydrogens is 326 g/mol. The first-order valence-electron chi connectivity index (χ1n) is 9.05. The van der Waals surface area contributed by atoms with Gasteiger partial charge in [-0.15, -0.1) is 0 Å². The predicted molar refractivity (Wildman–Crippen MR) is 101 cm³/mol. The van der Waals surface area contributed by atoms with Crippen LogP contribution in [-0.4, -0.2) is 45.5 Å². The molecule has 1 fully saturated rings. The van der Waals surface area contributed by atoms with Crippen LogP contribution in [0.1, 0.15) is 18.4 Å². The fourth-order valence-corrected chi connectivity index (χ4v) is 3.62. The van der Waals surface area contributed by atoms with E-state index in [-0.39, 0.29) is 11.8 Å². The molecule has 26 heavy (non-hydrogen) atoms. The molecule has 0 radical (unpaired) electrons. The first-order valence-corrected chi connectivity index (χ1v) is 9.05. The number of carbonyl (C=O) groups is 1. The van der Waals surface area contributed by atoms with Crippen LogP contribution in [0.4, 0.5) is 0 Å². The number of pyridine rings is 1. The van der Waals surface area contributed by atoms with Gasteiger partial charge in [0, 0.05) is 24.8 Å². The van der Waals surface area contributed by atoms with Crippen LogP contribution < -0.4 is 5.32 Å². The number of rotatable bonds is 4. The van der Waals surface area contributed by atoms with Crippen LogP contribution in [0.25, 0.3) is 16.9 Å². The number of piperidine rings is 1. The number of benzene rings is 1. The summed E-state index contributed by atoms with van der Waals surface area (Å²) in [7, 11) is 2.07. The SMILES string of the molecule is CN1CCCC(C(=O)NCc2cccnc2-n2cnc3ccccc32)C1. The van der Waals surface area contributed by atoms with Crippen molar-refractivity contribution in [3.05, 3.63) is 54.5 Å². The molecule has 0 aliphatic carbocycles. The molecule has 6 nitrogen and oxygen atoms in total. The van der Waals surface area contributed by atoms with E-state index in [1.54, 1.807) is 12.5 Å². The third-order valence-electron chi connectivity index (χ3n) is 5.00. The number of fused-ring (bicyclic) bond motifs is 1. The van der Waals surface area contributed by atoms with Crippen molar-refractivity contribution in [1.82, 2.24) is 24.8 Å². The Labute approximate surface area is 152 Å². The second-order valence-electron chi connectivity index (χ2n) is 6.91. The quantitative estimate of drug-likeness (QED) is 0.785. The molecule has 1 unspecified atom stereocenters. The number of nitrogens with zero attached hydrogens (tertiary/aromatic N) is 4. The molecule has 6 heteroatoms. The molecule has 1 N–H and O–H groups in total. The molecule has 0 bridgehead atoms. The smallest absolute Gasteiger partial charge is 0.224 e. The van der Waals surface area contributed by atoms with Gasteiger partial charge >= 0.3 is 0 Å². The van der Waals surface area contributed by atoms with Gasteiger partial charge in [0.15, 0.2) is 0 Å². The van der Waals surface area contributed by atoms with E-state index in [0.717, 1.165) is 48.3 Å². The second-order valence-corrected chi connectivity index (χ2v) is 6.91. The Hall–Kier alpha value is -2.73. The van der Waals surface area contributed by atoms with Crippen LogP contribution >= 0.6 is 0 Å². The largest absolute Gasteiger partial charge is 0.352 e. The number of amides is 1. The molecule has 134 valence electrons. The molecule has 1 aliphatic heterocycles. The van der Waals surface area contributed by atoms with Crippen LogP contribution in [0.5, 0.6) is 0 Å². The van der Waals surface area contributed by atoms with Crippen LogP contribution in [0.3, 0.4) is 0 Å². The van der Waals surface area contributed by atoms with Crippen LogP contribution in [0, 0.1) is 5.92 Å². The lowest BCUT2D eigenvalue weighted by atomic mass is 9.97. The summed E-state index contributed by atoms with van der Waals surface area (Å²) >= 11 is 0. The van der Waals surface area contributed by atoms with Gasteiger partial charge in [0.05, 0.1) is 17.0 Å². The Morgan fingerprint density at radius 2 is 2.12 bits per heavy atom. The first-order chi connectivity index (χ1) is 12.7. The number of imidazole rings is 1. The predicted octanol–water partition coefficient (Wildman–Crippen LogP) is 2.38. The van der Waals surface area contributed by atoms with Crippen molar-refractivity contribution < 1.29 is 4.79 Å². The molecule has 1 saturated heterocycles. The zero-order chi connectivity index (χ0) is 17.9. The van der Waals surface area contributed by atoms with Gasteiger partial charge < -0.3 is 10.2 Å². The van der Waals surface area contributed by atoms with Crippen molar-refractivity contribution in [2.24, 2.45) is 5.92 Å². The minimum atomic E-state index is 0.0722. The number of likely N-dealkylation sites (tertiary alicyclic amines) is 1. The highest BCUT2D eigenvalue weighted by atomic mass is 16.1. The number of hydrogen-bond acceptors (Lipinski definition) is 4. The zero-order valence-corrected chi connectivity index (χ0v) is 14.9. The molecule has 0 spiro atoms. The molecule has 0 saturated carbocycles. The molecule has 1 atom stereocenters. The average Bonchev–Trinajstić information content (AvgIpc) is 3.10. The minimum absolute atomic E-state index is 0.0722. The Morgan fingerprint density at radius 3 is 3.00 bits per heavy atom. The molecule has 1 aromatic carbocycles. The molecule has 1 aliphatic rings. The van der Waals surface area contributed by atoms with E-state index < -0.39 is 0 Å². The number of para-hydroxylation sites is 2. The molecular formula is C20H23N5O. The second kappa shape index (κ2) is 7.25. The molecule has 3 heterocycles. The maximum absolute atomic E-state index is 12.5. The van der Waals surface area contributed by atoms with Gasteiger partial charge in [0.1, 0.15) is 12.1 Å². The lowest BCUT2D eigenvalue weighted by Crippen LogP contribution is -2.41.